The molecule has 3 aromatic rings. The standard InChI is InChI=1S/C31H47N7O3S2/c1-4-5-15-26-37-29-30(23-12-6-7-14-25(23)36-31(29)32)38(26)19-11-10-18-34-27(40)16-20-42-43-21-28(41)35-17-9-8-13-24(33-3)22(2)39/h6-7,12,14,24,33H,4-5,8-11,13,15-21H2,1-3H3,(H2,32,36)(H,34,40)(H,35,41). The molecule has 0 fully saturated rings. The van der Waals surface area contributed by atoms with Crippen LogP contribution in [0.3, 0.4) is 0 Å². The summed E-state index contributed by atoms with van der Waals surface area (Å²) in [6.45, 7) is 5.82. The Labute approximate surface area is 262 Å². The Hall–Kier alpha value is -2.83. The average molecular weight is 630 g/mol. The molecule has 2 aromatic heterocycles. The van der Waals surface area contributed by atoms with Gasteiger partial charge in [0, 0.05) is 43.6 Å². The lowest BCUT2D eigenvalue weighted by molar-refractivity contribution is -0.121. The van der Waals surface area contributed by atoms with E-state index in [1.807, 2.05) is 18.2 Å². The number of aryl methyl sites for hydroxylation is 2. The van der Waals surface area contributed by atoms with Crippen LogP contribution in [0.25, 0.3) is 21.9 Å². The van der Waals surface area contributed by atoms with Crippen LogP contribution in [0.1, 0.15) is 71.0 Å². The molecule has 0 radical (unpaired) electrons. The number of hydrogen-bond donors (Lipinski definition) is 4. The van der Waals surface area contributed by atoms with Crippen molar-refractivity contribution in [3.63, 3.8) is 0 Å². The number of aromatic nitrogens is 3. The number of fused-ring (bicyclic) bond motifs is 3. The summed E-state index contributed by atoms with van der Waals surface area (Å²) in [6.07, 6.45) is 7.75. The van der Waals surface area contributed by atoms with Crippen molar-refractivity contribution >= 4 is 66.9 Å². The summed E-state index contributed by atoms with van der Waals surface area (Å²) in [6, 6.07) is 7.95. The van der Waals surface area contributed by atoms with Crippen LogP contribution < -0.4 is 21.7 Å². The highest BCUT2D eigenvalue weighted by molar-refractivity contribution is 8.76. The molecule has 43 heavy (non-hydrogen) atoms. The van der Waals surface area contributed by atoms with Gasteiger partial charge in [-0.25, -0.2) is 9.97 Å². The van der Waals surface area contributed by atoms with Crippen LogP contribution in [0.4, 0.5) is 5.82 Å². The zero-order valence-electron chi connectivity index (χ0n) is 25.7. The molecule has 12 heteroatoms. The maximum absolute atomic E-state index is 12.3. The number of unbranched alkanes of at least 4 members (excludes halogenated alkanes) is 3. The largest absolute Gasteiger partial charge is 0.382 e. The van der Waals surface area contributed by atoms with Crippen LogP contribution in [0.5, 0.6) is 0 Å². The first-order valence-corrected chi connectivity index (χ1v) is 17.8. The number of para-hydroxylation sites is 1. The second-order valence-corrected chi connectivity index (χ2v) is 13.3. The third-order valence-corrected chi connectivity index (χ3v) is 9.61. The van der Waals surface area contributed by atoms with Gasteiger partial charge in [-0.1, -0.05) is 53.1 Å². The molecule has 236 valence electrons. The number of nitrogen functional groups attached to an aromatic ring is 1. The summed E-state index contributed by atoms with van der Waals surface area (Å²) in [5.74, 6) is 2.70. The highest BCUT2D eigenvalue weighted by atomic mass is 33.1. The lowest BCUT2D eigenvalue weighted by Gasteiger charge is -2.12. The Balaban J connectivity index is 1.31. The lowest BCUT2D eigenvalue weighted by atomic mass is 10.1. The maximum Gasteiger partial charge on any atom is 0.230 e. The number of nitrogens with two attached hydrogens (primary N) is 1. The molecule has 0 aliphatic carbocycles. The first-order valence-electron chi connectivity index (χ1n) is 15.3. The number of carbonyl (C=O) groups is 3. The number of nitrogens with one attached hydrogen (secondary N) is 3. The highest BCUT2D eigenvalue weighted by Gasteiger charge is 2.17. The van der Waals surface area contributed by atoms with Crippen LogP contribution in [0.15, 0.2) is 24.3 Å². The Morgan fingerprint density at radius 2 is 1.72 bits per heavy atom. The van der Waals surface area contributed by atoms with Crippen LogP contribution in [-0.4, -0.2) is 69.8 Å². The van der Waals surface area contributed by atoms with E-state index in [4.69, 9.17) is 10.7 Å². The van der Waals surface area contributed by atoms with Crippen molar-refractivity contribution in [2.75, 3.05) is 37.4 Å². The highest BCUT2D eigenvalue weighted by Crippen LogP contribution is 2.29. The zero-order chi connectivity index (χ0) is 31.0. The van der Waals surface area contributed by atoms with Gasteiger partial charge in [0.15, 0.2) is 5.82 Å². The Morgan fingerprint density at radius 1 is 0.977 bits per heavy atom. The number of carbonyl (C=O) groups excluding carboxylic acids is 3. The number of likely N-dealkylation sites (N-methyl/N-ethyl adjacent to an activating group) is 1. The van der Waals surface area contributed by atoms with Crippen molar-refractivity contribution < 1.29 is 14.4 Å². The molecule has 0 spiro atoms. The summed E-state index contributed by atoms with van der Waals surface area (Å²) < 4.78 is 2.30. The molecule has 0 saturated heterocycles. The summed E-state index contributed by atoms with van der Waals surface area (Å²) in [5.41, 5.74) is 9.00. The summed E-state index contributed by atoms with van der Waals surface area (Å²) in [4.78, 5) is 45.2. The fourth-order valence-electron chi connectivity index (χ4n) is 4.97. The summed E-state index contributed by atoms with van der Waals surface area (Å²) in [5, 5.41) is 10.0. The third-order valence-electron chi connectivity index (χ3n) is 7.34. The predicted molar refractivity (Wildman–Crippen MR) is 180 cm³/mol. The van der Waals surface area contributed by atoms with Crippen molar-refractivity contribution in [2.24, 2.45) is 0 Å². The minimum atomic E-state index is -0.106. The van der Waals surface area contributed by atoms with E-state index in [1.54, 1.807) is 24.8 Å². The molecule has 5 N–H and O–H groups in total. The van der Waals surface area contributed by atoms with E-state index < -0.39 is 0 Å². The van der Waals surface area contributed by atoms with Crippen molar-refractivity contribution in [3.8, 4) is 0 Å². The molecule has 0 bridgehead atoms. The Bertz CT molecular complexity index is 1350. The number of imidazole rings is 1. The van der Waals surface area contributed by atoms with Gasteiger partial charge >= 0.3 is 0 Å². The number of benzene rings is 1. The van der Waals surface area contributed by atoms with Gasteiger partial charge in [0.25, 0.3) is 0 Å². The molecule has 1 aromatic carbocycles. The summed E-state index contributed by atoms with van der Waals surface area (Å²) in [7, 11) is 4.80. The van der Waals surface area contributed by atoms with E-state index in [2.05, 4.69) is 38.5 Å². The van der Waals surface area contributed by atoms with Gasteiger partial charge in [-0.15, -0.1) is 0 Å². The molecule has 3 rings (SSSR count). The van der Waals surface area contributed by atoms with E-state index >= 15 is 0 Å². The monoisotopic (exact) mass is 629 g/mol. The maximum atomic E-state index is 12.3. The Morgan fingerprint density at radius 3 is 2.47 bits per heavy atom. The SMILES string of the molecule is CCCCc1nc2c(N)nc3ccccc3c2n1CCCCNC(=O)CCSSCC(=O)NCCCCC(NC)C(C)=O. The van der Waals surface area contributed by atoms with Gasteiger partial charge in [-0.05, 0) is 58.6 Å². The van der Waals surface area contributed by atoms with Gasteiger partial charge in [0.05, 0.1) is 22.8 Å². The molecule has 0 saturated carbocycles. The molecule has 2 amide bonds. The van der Waals surface area contributed by atoms with Gasteiger partial charge in [-0.3, -0.25) is 14.4 Å². The molecule has 2 heterocycles. The van der Waals surface area contributed by atoms with E-state index in [0.717, 1.165) is 85.7 Å². The van der Waals surface area contributed by atoms with E-state index in [9.17, 15) is 14.4 Å². The van der Waals surface area contributed by atoms with Crippen molar-refractivity contribution in [3.05, 3.63) is 30.1 Å². The molecule has 0 aliphatic heterocycles. The quantitative estimate of drug-likeness (QED) is 0.0978. The summed E-state index contributed by atoms with van der Waals surface area (Å²) >= 11 is 0. The predicted octanol–water partition coefficient (Wildman–Crippen LogP) is 4.64. The molecule has 10 nitrogen and oxygen atoms in total. The molecule has 1 atom stereocenters. The van der Waals surface area contributed by atoms with E-state index in [-0.39, 0.29) is 23.6 Å². The molecular formula is C31H47N7O3S2. The normalized spacial score (nSPS) is 12.1. The first-order chi connectivity index (χ1) is 20.8. The smallest absolute Gasteiger partial charge is 0.230 e. The third kappa shape index (κ3) is 11.0. The topological polar surface area (TPSA) is 144 Å². The number of nitrogens with zero attached hydrogens (tertiary/aromatic N) is 3. The fraction of sp³-hybridized carbons (Fsp3) is 0.581. The van der Waals surface area contributed by atoms with Crippen LogP contribution in [0.2, 0.25) is 0 Å². The number of Topliss-reactive ketones (excluding diaryl/α,β-unsaturated/α-hetero) is 1. The van der Waals surface area contributed by atoms with Gasteiger partial charge in [0.1, 0.15) is 17.1 Å². The van der Waals surface area contributed by atoms with Crippen molar-refractivity contribution in [1.29, 1.82) is 0 Å². The van der Waals surface area contributed by atoms with Crippen LogP contribution in [-0.2, 0) is 27.3 Å². The van der Waals surface area contributed by atoms with Gasteiger partial charge in [-0.2, -0.15) is 0 Å². The number of pyridine rings is 1. The van der Waals surface area contributed by atoms with Gasteiger partial charge in [0.2, 0.25) is 11.8 Å². The lowest BCUT2D eigenvalue weighted by Crippen LogP contribution is -2.32. The number of rotatable bonds is 21. The van der Waals surface area contributed by atoms with Gasteiger partial charge < -0.3 is 26.3 Å². The van der Waals surface area contributed by atoms with Crippen molar-refractivity contribution in [2.45, 2.75) is 84.2 Å². The van der Waals surface area contributed by atoms with Crippen molar-refractivity contribution in [1.82, 2.24) is 30.5 Å². The minimum absolute atomic E-state index is 0.00541. The number of anilines is 1. The second kappa shape index (κ2) is 18.7. The molecular weight excluding hydrogens is 583 g/mol. The Kier molecular flexibility index (Phi) is 15.1. The van der Waals surface area contributed by atoms with E-state index in [1.165, 1.54) is 10.8 Å². The fourth-order valence-corrected chi connectivity index (χ4v) is 6.83. The number of ketones is 1. The van der Waals surface area contributed by atoms with Crippen LogP contribution >= 0.6 is 21.6 Å². The number of amides is 2. The average Bonchev–Trinajstić information content (AvgIpc) is 3.36. The zero-order valence-corrected chi connectivity index (χ0v) is 27.4. The first kappa shape index (κ1) is 34.7. The van der Waals surface area contributed by atoms with E-state index in [0.29, 0.717) is 36.8 Å². The molecule has 0 aliphatic rings. The molecule has 1 unspecified atom stereocenters. The second-order valence-electron chi connectivity index (χ2n) is 10.7. The minimum Gasteiger partial charge on any atom is -0.382 e. The van der Waals surface area contributed by atoms with Crippen LogP contribution in [0, 0.1) is 0 Å². The number of hydrogen-bond acceptors (Lipinski definition) is 9.